The first-order valence-corrected chi connectivity index (χ1v) is 7.52. The average Bonchev–Trinajstić information content (AvgIpc) is 2.46. The second-order valence-corrected chi connectivity index (χ2v) is 5.23. The van der Waals surface area contributed by atoms with Gasteiger partial charge < -0.3 is 5.32 Å². The van der Waals surface area contributed by atoms with Crippen LogP contribution in [0.1, 0.15) is 17.2 Å². The highest BCUT2D eigenvalue weighted by atomic mass is 32.2. The van der Waals surface area contributed by atoms with Crippen LogP contribution in [0, 0.1) is 5.82 Å². The van der Waals surface area contributed by atoms with Crippen LogP contribution in [0.2, 0.25) is 0 Å². The smallest absolute Gasteiger partial charge is 0.126 e. The molecule has 0 aliphatic heterocycles. The van der Waals surface area contributed by atoms with Crippen molar-refractivity contribution in [3.8, 4) is 0 Å². The molecule has 0 amide bonds. The Morgan fingerprint density at radius 3 is 2.47 bits per heavy atom. The summed E-state index contributed by atoms with van der Waals surface area (Å²) in [4.78, 5) is 1.23. The van der Waals surface area contributed by atoms with Crippen molar-refractivity contribution < 1.29 is 4.39 Å². The Labute approximate surface area is 118 Å². The molecule has 0 radical (unpaired) electrons. The monoisotopic (exact) mass is 275 g/mol. The minimum atomic E-state index is -0.135. The molecule has 3 heteroatoms. The third kappa shape index (κ3) is 3.37. The van der Waals surface area contributed by atoms with Crippen molar-refractivity contribution in [3.63, 3.8) is 0 Å². The van der Waals surface area contributed by atoms with Crippen LogP contribution < -0.4 is 5.32 Å². The fraction of sp³-hybridized carbons (Fsp3) is 0.250. The van der Waals surface area contributed by atoms with Gasteiger partial charge in [0.2, 0.25) is 0 Å². The Balaban J connectivity index is 2.28. The van der Waals surface area contributed by atoms with Gasteiger partial charge in [0.15, 0.2) is 0 Å². The number of hydrogen-bond acceptors (Lipinski definition) is 2. The van der Waals surface area contributed by atoms with Gasteiger partial charge in [-0.25, -0.2) is 4.39 Å². The van der Waals surface area contributed by atoms with E-state index in [0.717, 1.165) is 5.56 Å². The Morgan fingerprint density at radius 1 is 1.11 bits per heavy atom. The van der Waals surface area contributed by atoms with Gasteiger partial charge in [-0.3, -0.25) is 0 Å². The summed E-state index contributed by atoms with van der Waals surface area (Å²) in [5, 5.41) is 3.29. The predicted octanol–water partition coefficient (Wildman–Crippen LogP) is 4.05. The third-order valence-electron chi connectivity index (χ3n) is 3.24. The van der Waals surface area contributed by atoms with Crippen molar-refractivity contribution >= 4 is 11.8 Å². The minimum Gasteiger partial charge on any atom is -0.313 e. The van der Waals surface area contributed by atoms with Crippen LogP contribution in [0.5, 0.6) is 0 Å². The molecule has 0 fully saturated rings. The van der Waals surface area contributed by atoms with E-state index in [2.05, 4.69) is 23.7 Å². The molecule has 1 nitrogen and oxygen atoms in total. The number of thioether (sulfide) groups is 1. The number of nitrogens with one attached hydrogen (secondary N) is 1. The fourth-order valence-corrected chi connectivity index (χ4v) is 2.87. The number of halogens is 1. The van der Waals surface area contributed by atoms with Crippen LogP contribution in [-0.4, -0.2) is 13.3 Å². The number of rotatable bonds is 5. The summed E-state index contributed by atoms with van der Waals surface area (Å²) in [6.07, 6.45) is 2.72. The number of benzene rings is 2. The van der Waals surface area contributed by atoms with Gasteiger partial charge in [-0.05, 0) is 43.0 Å². The molecule has 0 aliphatic carbocycles. The molecule has 0 aromatic heterocycles. The van der Waals surface area contributed by atoms with Gasteiger partial charge in [-0.1, -0.05) is 36.4 Å². The molecule has 0 spiro atoms. The number of hydrogen-bond donors (Lipinski definition) is 1. The maximum Gasteiger partial charge on any atom is 0.126 e. The molecule has 2 rings (SSSR count). The first-order chi connectivity index (χ1) is 9.26. The molecule has 1 N–H and O–H groups in total. The molecular weight excluding hydrogens is 257 g/mol. The SMILES string of the molecule is CNC(Cc1ccccc1F)c1ccccc1SC. The lowest BCUT2D eigenvalue weighted by Crippen LogP contribution is -2.20. The molecule has 0 bridgehead atoms. The highest BCUT2D eigenvalue weighted by Crippen LogP contribution is 2.28. The Kier molecular flexibility index (Phi) is 5.00. The van der Waals surface area contributed by atoms with Crippen LogP contribution >= 0.6 is 11.8 Å². The van der Waals surface area contributed by atoms with Crippen molar-refractivity contribution in [2.45, 2.75) is 17.4 Å². The lowest BCUT2D eigenvalue weighted by atomic mass is 9.98. The second-order valence-electron chi connectivity index (χ2n) is 4.38. The minimum absolute atomic E-state index is 0.126. The summed E-state index contributed by atoms with van der Waals surface area (Å²) in [6, 6.07) is 15.4. The number of likely N-dealkylation sites (N-methyl/N-ethyl adjacent to an activating group) is 1. The quantitative estimate of drug-likeness (QED) is 0.826. The molecule has 0 aliphatic rings. The van der Waals surface area contributed by atoms with Crippen molar-refractivity contribution in [2.24, 2.45) is 0 Å². The molecular formula is C16H18FNS. The summed E-state index contributed by atoms with van der Waals surface area (Å²) >= 11 is 1.72. The zero-order chi connectivity index (χ0) is 13.7. The normalized spacial score (nSPS) is 12.4. The third-order valence-corrected chi connectivity index (χ3v) is 4.06. The highest BCUT2D eigenvalue weighted by molar-refractivity contribution is 7.98. The lowest BCUT2D eigenvalue weighted by molar-refractivity contribution is 0.549. The van der Waals surface area contributed by atoms with Crippen LogP contribution in [-0.2, 0) is 6.42 Å². The maximum absolute atomic E-state index is 13.8. The average molecular weight is 275 g/mol. The van der Waals surface area contributed by atoms with Gasteiger partial charge in [0.05, 0.1) is 0 Å². The molecule has 100 valence electrons. The van der Waals surface area contributed by atoms with Gasteiger partial charge in [0.1, 0.15) is 5.82 Å². The molecule has 2 aromatic rings. The molecule has 1 unspecified atom stereocenters. The molecule has 0 saturated heterocycles. The second kappa shape index (κ2) is 6.73. The first kappa shape index (κ1) is 14.1. The van der Waals surface area contributed by atoms with E-state index < -0.39 is 0 Å². The Morgan fingerprint density at radius 2 is 1.79 bits per heavy atom. The molecule has 2 aromatic carbocycles. The summed E-state index contributed by atoms with van der Waals surface area (Å²) in [5.74, 6) is -0.135. The topological polar surface area (TPSA) is 12.0 Å². The van der Waals surface area contributed by atoms with E-state index in [1.165, 1.54) is 16.5 Å². The lowest BCUT2D eigenvalue weighted by Gasteiger charge is -2.19. The standard InChI is InChI=1S/C16H18FNS/c1-18-15(11-12-7-3-5-9-14(12)17)13-8-4-6-10-16(13)19-2/h3-10,15,18H,11H2,1-2H3. The van der Waals surface area contributed by atoms with Gasteiger partial charge >= 0.3 is 0 Å². The van der Waals surface area contributed by atoms with Crippen LogP contribution in [0.15, 0.2) is 53.4 Å². The summed E-state index contributed by atoms with van der Waals surface area (Å²) in [6.45, 7) is 0. The fourth-order valence-electron chi connectivity index (χ4n) is 2.21. The Bertz CT molecular complexity index is 542. The van der Waals surface area contributed by atoms with E-state index in [0.29, 0.717) is 6.42 Å². The zero-order valence-electron chi connectivity index (χ0n) is 11.2. The van der Waals surface area contributed by atoms with E-state index in [9.17, 15) is 4.39 Å². The van der Waals surface area contributed by atoms with E-state index in [1.807, 2.05) is 31.3 Å². The summed E-state index contributed by atoms with van der Waals surface area (Å²) in [5.41, 5.74) is 1.97. The molecule has 19 heavy (non-hydrogen) atoms. The van der Waals surface area contributed by atoms with Crippen molar-refractivity contribution in [1.29, 1.82) is 0 Å². The van der Waals surface area contributed by atoms with Gasteiger partial charge in [0, 0.05) is 10.9 Å². The van der Waals surface area contributed by atoms with E-state index >= 15 is 0 Å². The van der Waals surface area contributed by atoms with Crippen LogP contribution in [0.4, 0.5) is 4.39 Å². The van der Waals surface area contributed by atoms with Gasteiger partial charge in [-0.15, -0.1) is 11.8 Å². The maximum atomic E-state index is 13.8. The molecule has 0 saturated carbocycles. The van der Waals surface area contributed by atoms with E-state index in [4.69, 9.17) is 0 Å². The van der Waals surface area contributed by atoms with Gasteiger partial charge in [0.25, 0.3) is 0 Å². The van der Waals surface area contributed by atoms with Gasteiger partial charge in [-0.2, -0.15) is 0 Å². The van der Waals surface area contributed by atoms with Crippen molar-refractivity contribution in [2.75, 3.05) is 13.3 Å². The summed E-state index contributed by atoms with van der Waals surface area (Å²) < 4.78 is 13.8. The molecule has 1 atom stereocenters. The largest absolute Gasteiger partial charge is 0.313 e. The summed E-state index contributed by atoms with van der Waals surface area (Å²) in [7, 11) is 1.92. The van der Waals surface area contributed by atoms with Crippen LogP contribution in [0.3, 0.4) is 0 Å². The molecule has 0 heterocycles. The van der Waals surface area contributed by atoms with Crippen molar-refractivity contribution in [3.05, 3.63) is 65.5 Å². The highest BCUT2D eigenvalue weighted by Gasteiger charge is 2.15. The van der Waals surface area contributed by atoms with Crippen molar-refractivity contribution in [1.82, 2.24) is 5.32 Å². The van der Waals surface area contributed by atoms with E-state index in [1.54, 1.807) is 17.8 Å². The Hall–Kier alpha value is -1.32. The van der Waals surface area contributed by atoms with E-state index in [-0.39, 0.29) is 11.9 Å². The predicted molar refractivity (Wildman–Crippen MR) is 80.1 cm³/mol. The zero-order valence-corrected chi connectivity index (χ0v) is 12.0. The first-order valence-electron chi connectivity index (χ1n) is 6.30. The van der Waals surface area contributed by atoms with Crippen LogP contribution in [0.25, 0.3) is 0 Å².